The summed E-state index contributed by atoms with van der Waals surface area (Å²) in [4.78, 5) is 11.1. The van der Waals surface area contributed by atoms with E-state index in [2.05, 4.69) is 25.2 Å². The molecule has 0 aliphatic heterocycles. The number of hydrogen-bond acceptors (Lipinski definition) is 8. The lowest BCUT2D eigenvalue weighted by atomic mass is 9.99. The third-order valence-electron chi connectivity index (χ3n) is 3.47. The third kappa shape index (κ3) is 2.55. The van der Waals surface area contributed by atoms with Crippen LogP contribution in [0.4, 0.5) is 0 Å². The summed E-state index contributed by atoms with van der Waals surface area (Å²) in [6.45, 7) is 0. The van der Waals surface area contributed by atoms with Crippen molar-refractivity contribution in [1.29, 1.82) is 11.1 Å². The van der Waals surface area contributed by atoms with E-state index in [9.17, 15) is 8.42 Å². The molecule has 1 aromatic carbocycles. The second-order valence-electron chi connectivity index (χ2n) is 4.85. The first kappa shape index (κ1) is 15.8. The molecule has 0 aliphatic rings. The molecule has 3 rings (SSSR count). The number of nitrogens with one attached hydrogen (secondary N) is 3. The van der Waals surface area contributed by atoms with Crippen LogP contribution in [0.3, 0.4) is 0 Å². The number of fused-ring (bicyclic) bond motifs is 1. The lowest BCUT2D eigenvalue weighted by Gasteiger charge is -2.14. The number of hydrogen-bond donors (Lipinski definition) is 4. The molecule has 24 heavy (non-hydrogen) atoms. The molecule has 122 valence electrons. The molecular weight excluding hydrogens is 332 g/mol. The number of benzene rings is 1. The Morgan fingerprint density at radius 1 is 1.12 bits per heavy atom. The van der Waals surface area contributed by atoms with Crippen molar-refractivity contribution in [3.63, 3.8) is 0 Å². The van der Waals surface area contributed by atoms with Crippen molar-refractivity contribution in [2.24, 2.45) is 15.4 Å². The van der Waals surface area contributed by atoms with Gasteiger partial charge in [-0.25, -0.2) is 29.6 Å². The van der Waals surface area contributed by atoms with Gasteiger partial charge in [-0.1, -0.05) is 12.1 Å². The van der Waals surface area contributed by atoms with Gasteiger partial charge in [0, 0.05) is 29.7 Å². The average Bonchev–Trinajstić information content (AvgIpc) is 2.99. The van der Waals surface area contributed by atoms with Gasteiger partial charge < -0.3 is 4.98 Å². The smallest absolute Gasteiger partial charge is 0.238 e. The molecule has 0 radical (unpaired) electrons. The van der Waals surface area contributed by atoms with Crippen molar-refractivity contribution in [2.45, 2.75) is 11.1 Å². The van der Waals surface area contributed by atoms with Gasteiger partial charge >= 0.3 is 0 Å². The summed E-state index contributed by atoms with van der Waals surface area (Å²) in [6, 6.07) is 4.43. The molecular formula is C13H12N8O2S. The summed E-state index contributed by atoms with van der Waals surface area (Å²) in [6.07, 6.45) is 3.31. The number of nitrogens with two attached hydrogens (primary N) is 1. The maximum absolute atomic E-state index is 11.9. The molecule has 5 N–H and O–H groups in total. The summed E-state index contributed by atoms with van der Waals surface area (Å²) in [5.74, 6) is 0. The van der Waals surface area contributed by atoms with Gasteiger partial charge in [0.2, 0.25) is 16.2 Å². The van der Waals surface area contributed by atoms with Crippen LogP contribution in [0.25, 0.3) is 22.3 Å². The number of H-pyrrole nitrogens is 1. The van der Waals surface area contributed by atoms with Gasteiger partial charge in [-0.05, 0) is 11.6 Å². The molecule has 10 nitrogen and oxygen atoms in total. The summed E-state index contributed by atoms with van der Waals surface area (Å²) >= 11 is 0. The monoisotopic (exact) mass is 344 g/mol. The van der Waals surface area contributed by atoms with Gasteiger partial charge in [0.25, 0.3) is 0 Å². The molecule has 3 aromatic rings. The molecule has 2 heterocycles. The predicted molar refractivity (Wildman–Crippen MR) is 83.7 cm³/mol. The summed E-state index contributed by atoms with van der Waals surface area (Å²) in [5, 5.41) is 11.7. The van der Waals surface area contributed by atoms with E-state index in [-0.39, 0.29) is 10.5 Å². The largest absolute Gasteiger partial charge is 0.344 e. The van der Waals surface area contributed by atoms with Crippen LogP contribution in [-0.4, -0.2) is 23.4 Å². The van der Waals surface area contributed by atoms with Crippen LogP contribution in [0, 0.1) is 11.1 Å². The highest BCUT2D eigenvalue weighted by atomic mass is 32.2. The molecule has 2 aromatic heterocycles. The van der Waals surface area contributed by atoms with Crippen LogP contribution in [-0.2, 0) is 10.0 Å². The number of nitrogens with zero attached hydrogens (tertiary/aromatic N) is 4. The minimum atomic E-state index is -4.10. The fourth-order valence-electron chi connectivity index (χ4n) is 2.51. The van der Waals surface area contributed by atoms with Crippen LogP contribution in [0.2, 0.25) is 0 Å². The maximum atomic E-state index is 11.9. The Labute approximate surface area is 136 Å². The molecule has 0 atom stereocenters. The van der Waals surface area contributed by atoms with Crippen molar-refractivity contribution >= 4 is 21.2 Å². The standard InChI is InChI=1S/C13H12N8O2S/c14-20-12(21-15)10-7(2-1-3-9(10)24(16,22)23)8-6-19-13-11(8)17-4-5-18-13/h1-6,12,14-15H,(H,18,19)(H2,16,22,23). The Morgan fingerprint density at radius 3 is 2.50 bits per heavy atom. The predicted octanol–water partition coefficient (Wildman–Crippen LogP) is 2.33. The van der Waals surface area contributed by atoms with Crippen LogP contribution < -0.4 is 5.14 Å². The Bertz CT molecular complexity index is 1040. The van der Waals surface area contributed by atoms with Gasteiger partial charge in [0.05, 0.1) is 4.90 Å². The number of sulfonamides is 1. The van der Waals surface area contributed by atoms with Crippen LogP contribution in [0.5, 0.6) is 0 Å². The van der Waals surface area contributed by atoms with E-state index in [1.54, 1.807) is 12.3 Å². The van der Waals surface area contributed by atoms with Crippen LogP contribution in [0.1, 0.15) is 11.7 Å². The molecule has 0 aliphatic carbocycles. The molecule has 0 bridgehead atoms. The van der Waals surface area contributed by atoms with Gasteiger partial charge in [-0.3, -0.25) is 4.98 Å². The quantitative estimate of drug-likeness (QED) is 0.520. The van der Waals surface area contributed by atoms with Crippen molar-refractivity contribution < 1.29 is 8.42 Å². The first-order chi connectivity index (χ1) is 11.5. The van der Waals surface area contributed by atoms with Crippen molar-refractivity contribution in [2.75, 3.05) is 0 Å². The van der Waals surface area contributed by atoms with Gasteiger partial charge in [-0.2, -0.15) is 10.2 Å². The molecule has 0 unspecified atom stereocenters. The summed E-state index contributed by atoms with van der Waals surface area (Å²) in [7, 11) is -4.10. The second-order valence-corrected chi connectivity index (χ2v) is 6.38. The fourth-order valence-corrected chi connectivity index (χ4v) is 3.30. The first-order valence-corrected chi connectivity index (χ1v) is 8.19. The van der Waals surface area contributed by atoms with Gasteiger partial charge in [0.1, 0.15) is 5.52 Å². The Kier molecular flexibility index (Phi) is 3.87. The van der Waals surface area contributed by atoms with Crippen LogP contribution in [0.15, 0.2) is 51.9 Å². The highest BCUT2D eigenvalue weighted by molar-refractivity contribution is 7.89. The molecule has 0 amide bonds. The first-order valence-electron chi connectivity index (χ1n) is 6.64. The van der Waals surface area contributed by atoms with E-state index in [1.165, 1.54) is 24.5 Å². The lowest BCUT2D eigenvalue weighted by molar-refractivity contribution is 0.589. The summed E-state index contributed by atoms with van der Waals surface area (Å²) < 4.78 is 23.8. The van der Waals surface area contributed by atoms with Crippen molar-refractivity contribution in [3.05, 3.63) is 42.4 Å². The molecule has 11 heteroatoms. The Balaban J connectivity index is 2.40. The zero-order chi connectivity index (χ0) is 17.3. The zero-order valence-corrected chi connectivity index (χ0v) is 12.9. The highest BCUT2D eigenvalue weighted by Gasteiger charge is 2.26. The Hall–Kier alpha value is -3.05. The van der Waals surface area contributed by atoms with Crippen molar-refractivity contribution in [3.8, 4) is 11.1 Å². The number of primary sulfonamides is 1. The SMILES string of the molecule is N=NC(N=N)c1c(-c2c[nH]c3nccnc23)cccc1S(N)(=O)=O. The number of rotatable bonds is 5. The molecule has 0 saturated heterocycles. The minimum absolute atomic E-state index is 0.0524. The van der Waals surface area contributed by atoms with Gasteiger partial charge in [-0.15, -0.1) is 0 Å². The maximum Gasteiger partial charge on any atom is 0.238 e. The van der Waals surface area contributed by atoms with E-state index in [1.807, 2.05) is 0 Å². The lowest BCUT2D eigenvalue weighted by Crippen LogP contribution is -2.16. The molecule has 0 saturated carbocycles. The topological polar surface area (TPSA) is 174 Å². The van der Waals surface area contributed by atoms with Crippen LogP contribution >= 0.6 is 0 Å². The second kappa shape index (κ2) is 5.86. The highest BCUT2D eigenvalue weighted by Crippen LogP contribution is 2.37. The summed E-state index contributed by atoms with van der Waals surface area (Å²) in [5.41, 5.74) is 16.5. The van der Waals surface area contributed by atoms with Crippen molar-refractivity contribution in [1.82, 2.24) is 15.0 Å². The number of aromatic nitrogens is 3. The van der Waals surface area contributed by atoms with E-state index < -0.39 is 16.2 Å². The van der Waals surface area contributed by atoms with E-state index in [0.717, 1.165) is 0 Å². The average molecular weight is 344 g/mol. The fraction of sp³-hybridized carbons (Fsp3) is 0.0769. The normalized spacial score (nSPS) is 12.9. The molecule has 0 fully saturated rings. The van der Waals surface area contributed by atoms with E-state index in [0.29, 0.717) is 22.3 Å². The van der Waals surface area contributed by atoms with E-state index >= 15 is 0 Å². The Morgan fingerprint density at radius 2 is 1.83 bits per heavy atom. The third-order valence-corrected chi connectivity index (χ3v) is 4.44. The number of aromatic amines is 1. The van der Waals surface area contributed by atoms with E-state index in [4.69, 9.17) is 16.2 Å². The van der Waals surface area contributed by atoms with Gasteiger partial charge in [0.15, 0.2) is 5.65 Å². The zero-order valence-electron chi connectivity index (χ0n) is 12.1. The molecule has 0 spiro atoms. The minimum Gasteiger partial charge on any atom is -0.344 e.